The Kier molecular flexibility index (Phi) is 4.57. The number of aryl methyl sites for hydroxylation is 1. The van der Waals surface area contributed by atoms with Gasteiger partial charge in [-0.15, -0.1) is 0 Å². The Morgan fingerprint density at radius 3 is 2.12 bits per heavy atom. The Hall–Kier alpha value is -3.08. The lowest BCUT2D eigenvalue weighted by Gasteiger charge is -2.09. The van der Waals surface area contributed by atoms with E-state index in [-0.39, 0.29) is 17.7 Å². The first-order valence-corrected chi connectivity index (χ1v) is 8.16. The number of fused-ring (bicyclic) bond motifs is 1. The van der Waals surface area contributed by atoms with E-state index >= 15 is 0 Å². The Balaban J connectivity index is 1.74. The summed E-state index contributed by atoms with van der Waals surface area (Å²) in [5.41, 5.74) is 2.83. The van der Waals surface area contributed by atoms with Crippen LogP contribution in [0.15, 0.2) is 52.9 Å². The van der Waals surface area contributed by atoms with Crippen molar-refractivity contribution >= 4 is 34.2 Å². The highest BCUT2D eigenvalue weighted by atomic mass is 16.3. The van der Waals surface area contributed by atoms with E-state index in [1.807, 2.05) is 45.0 Å². The predicted octanol–water partition coefficient (Wildman–Crippen LogP) is 4.59. The molecule has 0 aliphatic rings. The largest absolute Gasteiger partial charge is 0.451 e. The van der Waals surface area contributed by atoms with Crippen LogP contribution in [0.3, 0.4) is 0 Å². The molecule has 25 heavy (non-hydrogen) atoms. The second kappa shape index (κ2) is 6.81. The zero-order valence-corrected chi connectivity index (χ0v) is 14.4. The second-order valence-corrected chi connectivity index (χ2v) is 6.23. The molecule has 0 unspecified atom stereocenters. The van der Waals surface area contributed by atoms with Gasteiger partial charge in [0.2, 0.25) is 5.91 Å². The molecule has 2 N–H and O–H groups in total. The summed E-state index contributed by atoms with van der Waals surface area (Å²) < 4.78 is 5.67. The number of furan rings is 1. The molecule has 0 aliphatic carbocycles. The highest BCUT2D eigenvalue weighted by Crippen LogP contribution is 2.25. The Morgan fingerprint density at radius 2 is 1.52 bits per heavy atom. The number of carbonyl (C=O) groups excluding carboxylic acids is 2. The van der Waals surface area contributed by atoms with Crippen molar-refractivity contribution in [1.82, 2.24) is 0 Å². The van der Waals surface area contributed by atoms with Crippen LogP contribution in [-0.4, -0.2) is 11.8 Å². The van der Waals surface area contributed by atoms with Crippen molar-refractivity contribution in [2.45, 2.75) is 20.8 Å². The minimum absolute atomic E-state index is 0.0466. The molecule has 3 aromatic rings. The number of hydrogen-bond donors (Lipinski definition) is 2. The zero-order valence-electron chi connectivity index (χ0n) is 14.4. The standard InChI is InChI=1S/C20H20N2O3/c1-12(2)19(23)21-14-8-10-15(11-9-14)22-20(24)18-13(3)16-6-4-5-7-17(16)25-18/h4-12H,1-3H3,(H,21,23)(H,22,24). The topological polar surface area (TPSA) is 71.3 Å². The van der Waals surface area contributed by atoms with Crippen LogP contribution in [0.1, 0.15) is 30.0 Å². The van der Waals surface area contributed by atoms with Gasteiger partial charge in [-0.2, -0.15) is 0 Å². The van der Waals surface area contributed by atoms with E-state index in [0.29, 0.717) is 22.7 Å². The van der Waals surface area contributed by atoms with E-state index in [2.05, 4.69) is 10.6 Å². The fourth-order valence-electron chi connectivity index (χ4n) is 2.50. The third kappa shape index (κ3) is 3.55. The molecule has 0 fully saturated rings. The zero-order chi connectivity index (χ0) is 18.0. The van der Waals surface area contributed by atoms with Crippen LogP contribution in [0.5, 0.6) is 0 Å². The van der Waals surface area contributed by atoms with Crippen molar-refractivity contribution in [1.29, 1.82) is 0 Å². The third-order valence-electron chi connectivity index (χ3n) is 3.98. The van der Waals surface area contributed by atoms with Crippen molar-refractivity contribution in [3.05, 3.63) is 59.9 Å². The summed E-state index contributed by atoms with van der Waals surface area (Å²) in [4.78, 5) is 24.2. The van der Waals surface area contributed by atoms with Gasteiger partial charge in [0.05, 0.1) is 0 Å². The molecule has 3 rings (SSSR count). The fraction of sp³-hybridized carbons (Fsp3) is 0.200. The molecule has 5 nitrogen and oxygen atoms in total. The first-order valence-electron chi connectivity index (χ1n) is 8.16. The molecule has 2 aromatic carbocycles. The first kappa shape index (κ1) is 16.8. The number of rotatable bonds is 4. The number of benzene rings is 2. The van der Waals surface area contributed by atoms with Crippen molar-refractivity contribution in [2.24, 2.45) is 5.92 Å². The third-order valence-corrected chi connectivity index (χ3v) is 3.98. The Labute approximate surface area is 146 Å². The molecule has 5 heteroatoms. The molecule has 0 spiro atoms. The fourth-order valence-corrected chi connectivity index (χ4v) is 2.50. The summed E-state index contributed by atoms with van der Waals surface area (Å²) in [6.07, 6.45) is 0. The SMILES string of the molecule is Cc1c(C(=O)Nc2ccc(NC(=O)C(C)C)cc2)oc2ccccc12. The first-order chi connectivity index (χ1) is 12.0. The van der Waals surface area contributed by atoms with Crippen molar-refractivity contribution in [3.63, 3.8) is 0 Å². The van der Waals surface area contributed by atoms with Gasteiger partial charge in [0.25, 0.3) is 5.91 Å². The average Bonchev–Trinajstić information content (AvgIpc) is 2.94. The smallest absolute Gasteiger partial charge is 0.291 e. The van der Waals surface area contributed by atoms with Crippen molar-refractivity contribution < 1.29 is 14.0 Å². The van der Waals surface area contributed by atoms with Gasteiger partial charge in [-0.1, -0.05) is 32.0 Å². The minimum Gasteiger partial charge on any atom is -0.451 e. The maximum absolute atomic E-state index is 12.5. The number of nitrogens with one attached hydrogen (secondary N) is 2. The maximum Gasteiger partial charge on any atom is 0.291 e. The number of para-hydroxylation sites is 1. The van der Waals surface area contributed by atoms with Crippen molar-refractivity contribution in [3.8, 4) is 0 Å². The van der Waals surface area contributed by atoms with Gasteiger partial charge in [0.15, 0.2) is 5.76 Å². The van der Waals surface area contributed by atoms with E-state index in [9.17, 15) is 9.59 Å². The predicted molar refractivity (Wildman–Crippen MR) is 98.8 cm³/mol. The molecular formula is C20H20N2O3. The summed E-state index contributed by atoms with van der Waals surface area (Å²) in [6.45, 7) is 5.53. The molecule has 0 bridgehead atoms. The quantitative estimate of drug-likeness (QED) is 0.732. The normalized spacial score (nSPS) is 10.9. The van der Waals surface area contributed by atoms with Crippen LogP contribution in [0.25, 0.3) is 11.0 Å². The van der Waals surface area contributed by atoms with Crippen LogP contribution >= 0.6 is 0 Å². The molecule has 0 radical (unpaired) electrons. The highest BCUT2D eigenvalue weighted by Gasteiger charge is 2.17. The van der Waals surface area contributed by atoms with E-state index in [1.165, 1.54) is 0 Å². The highest BCUT2D eigenvalue weighted by molar-refractivity contribution is 6.06. The lowest BCUT2D eigenvalue weighted by Crippen LogP contribution is -2.17. The van der Waals surface area contributed by atoms with Crippen molar-refractivity contribution in [2.75, 3.05) is 10.6 Å². The van der Waals surface area contributed by atoms with Crippen LogP contribution in [0.4, 0.5) is 11.4 Å². The van der Waals surface area contributed by atoms with E-state index in [0.717, 1.165) is 10.9 Å². The molecule has 0 aliphatic heterocycles. The van der Waals surface area contributed by atoms with Gasteiger partial charge >= 0.3 is 0 Å². The van der Waals surface area contributed by atoms with Gasteiger partial charge in [0, 0.05) is 28.2 Å². The number of carbonyl (C=O) groups is 2. The number of anilines is 2. The summed E-state index contributed by atoms with van der Waals surface area (Å²) >= 11 is 0. The lowest BCUT2D eigenvalue weighted by molar-refractivity contribution is -0.118. The van der Waals surface area contributed by atoms with Gasteiger partial charge in [-0.3, -0.25) is 9.59 Å². The lowest BCUT2D eigenvalue weighted by atomic mass is 10.1. The molecule has 1 heterocycles. The molecule has 1 aromatic heterocycles. The summed E-state index contributed by atoms with van der Waals surface area (Å²) in [5, 5.41) is 6.56. The van der Waals surface area contributed by atoms with Crippen LogP contribution in [0.2, 0.25) is 0 Å². The molecule has 128 valence electrons. The number of hydrogen-bond acceptors (Lipinski definition) is 3. The van der Waals surface area contributed by atoms with Crippen LogP contribution in [0, 0.1) is 12.8 Å². The molecule has 0 saturated heterocycles. The molecule has 0 atom stereocenters. The van der Waals surface area contributed by atoms with Gasteiger partial charge in [-0.25, -0.2) is 0 Å². The van der Waals surface area contributed by atoms with Gasteiger partial charge in [0.1, 0.15) is 5.58 Å². The van der Waals surface area contributed by atoms with Crippen LogP contribution < -0.4 is 10.6 Å². The molecule has 0 saturated carbocycles. The van der Waals surface area contributed by atoms with Crippen LogP contribution in [-0.2, 0) is 4.79 Å². The average molecular weight is 336 g/mol. The summed E-state index contributed by atoms with van der Waals surface area (Å²) in [6, 6.07) is 14.5. The Morgan fingerprint density at radius 1 is 0.920 bits per heavy atom. The minimum atomic E-state index is -0.298. The van der Waals surface area contributed by atoms with Gasteiger partial charge < -0.3 is 15.1 Å². The van der Waals surface area contributed by atoms with E-state index in [4.69, 9.17) is 4.42 Å². The van der Waals surface area contributed by atoms with E-state index in [1.54, 1.807) is 24.3 Å². The Bertz CT molecular complexity index is 924. The number of amides is 2. The monoisotopic (exact) mass is 336 g/mol. The molecular weight excluding hydrogens is 316 g/mol. The second-order valence-electron chi connectivity index (χ2n) is 6.23. The molecule has 2 amide bonds. The summed E-state index contributed by atoms with van der Waals surface area (Å²) in [5.74, 6) is -0.129. The summed E-state index contributed by atoms with van der Waals surface area (Å²) in [7, 11) is 0. The maximum atomic E-state index is 12.5. The van der Waals surface area contributed by atoms with E-state index < -0.39 is 0 Å². The van der Waals surface area contributed by atoms with Gasteiger partial charge in [-0.05, 0) is 37.3 Å².